The molecule has 0 N–H and O–H groups in total. The van der Waals surface area contributed by atoms with Crippen LogP contribution < -0.4 is 9.80 Å². The van der Waals surface area contributed by atoms with E-state index >= 15 is 0 Å². The van der Waals surface area contributed by atoms with Gasteiger partial charge in [-0.25, -0.2) is 9.97 Å². The van der Waals surface area contributed by atoms with E-state index in [0.717, 1.165) is 49.2 Å². The van der Waals surface area contributed by atoms with Crippen molar-refractivity contribution in [2.24, 2.45) is 0 Å². The SMILES string of the molecule is Cc1cc(N2CCN(c3ccc(-c4ccc5c(c4)CCCC5)nn3)CC2)ncn1. The minimum atomic E-state index is 0.913. The second kappa shape index (κ2) is 7.78. The molecule has 2 aliphatic rings. The van der Waals surface area contributed by atoms with E-state index in [2.05, 4.69) is 60.3 Å². The summed E-state index contributed by atoms with van der Waals surface area (Å²) in [4.78, 5) is 13.2. The molecule has 5 rings (SSSR count). The number of rotatable bonds is 3. The van der Waals surface area contributed by atoms with Gasteiger partial charge in [0.1, 0.15) is 12.1 Å². The van der Waals surface area contributed by atoms with E-state index < -0.39 is 0 Å². The van der Waals surface area contributed by atoms with E-state index in [1.807, 2.05) is 13.0 Å². The summed E-state index contributed by atoms with van der Waals surface area (Å²) in [6.45, 7) is 5.67. The van der Waals surface area contributed by atoms with Crippen LogP contribution >= 0.6 is 0 Å². The van der Waals surface area contributed by atoms with Crippen LogP contribution in [0.1, 0.15) is 29.7 Å². The lowest BCUT2D eigenvalue weighted by Crippen LogP contribution is -2.47. The number of aromatic nitrogens is 4. The van der Waals surface area contributed by atoms with Gasteiger partial charge >= 0.3 is 0 Å². The van der Waals surface area contributed by atoms with Crippen LogP contribution in [-0.4, -0.2) is 46.3 Å². The summed E-state index contributed by atoms with van der Waals surface area (Å²) >= 11 is 0. The van der Waals surface area contributed by atoms with Crippen molar-refractivity contribution < 1.29 is 0 Å². The highest BCUT2D eigenvalue weighted by molar-refractivity contribution is 5.62. The number of nitrogens with zero attached hydrogens (tertiary/aromatic N) is 6. The molecule has 0 bridgehead atoms. The number of aryl methyl sites for hydroxylation is 3. The fraction of sp³-hybridized carbons (Fsp3) is 0.391. The maximum atomic E-state index is 4.54. The molecule has 1 aromatic carbocycles. The first kappa shape index (κ1) is 18.0. The fourth-order valence-electron chi connectivity index (χ4n) is 4.32. The Balaban J connectivity index is 1.26. The van der Waals surface area contributed by atoms with Crippen LogP contribution in [0, 0.1) is 6.92 Å². The Bertz CT molecular complexity index is 993. The van der Waals surface area contributed by atoms with Gasteiger partial charge < -0.3 is 9.80 Å². The molecule has 0 spiro atoms. The standard InChI is InChI=1S/C23H26N6/c1-17-14-23(25-16-24-17)29-12-10-28(11-13-29)22-9-8-21(26-27-22)20-7-6-18-4-2-3-5-19(18)15-20/h6-9,14-16H,2-5,10-13H2,1H3. The summed E-state index contributed by atoms with van der Waals surface area (Å²) in [5, 5.41) is 9.07. The third-order valence-electron chi connectivity index (χ3n) is 6.01. The lowest BCUT2D eigenvalue weighted by molar-refractivity contribution is 0.637. The molecule has 1 fully saturated rings. The van der Waals surface area contributed by atoms with Crippen molar-refractivity contribution in [2.45, 2.75) is 32.6 Å². The number of anilines is 2. The number of fused-ring (bicyclic) bond motifs is 1. The highest BCUT2D eigenvalue weighted by atomic mass is 15.3. The van der Waals surface area contributed by atoms with Crippen molar-refractivity contribution in [3.8, 4) is 11.3 Å². The minimum Gasteiger partial charge on any atom is -0.353 e. The van der Waals surface area contributed by atoms with Crippen LogP contribution in [0.3, 0.4) is 0 Å². The van der Waals surface area contributed by atoms with Gasteiger partial charge in [0.25, 0.3) is 0 Å². The summed E-state index contributed by atoms with van der Waals surface area (Å²) in [6.07, 6.45) is 6.64. The van der Waals surface area contributed by atoms with Crippen molar-refractivity contribution in [3.63, 3.8) is 0 Å². The van der Waals surface area contributed by atoms with Gasteiger partial charge in [0.15, 0.2) is 5.82 Å². The normalized spacial score (nSPS) is 16.6. The van der Waals surface area contributed by atoms with E-state index in [-0.39, 0.29) is 0 Å². The van der Waals surface area contributed by atoms with Crippen LogP contribution in [0.4, 0.5) is 11.6 Å². The van der Waals surface area contributed by atoms with Gasteiger partial charge in [-0.1, -0.05) is 12.1 Å². The highest BCUT2D eigenvalue weighted by Crippen LogP contribution is 2.27. The lowest BCUT2D eigenvalue weighted by Gasteiger charge is -2.35. The molecule has 6 nitrogen and oxygen atoms in total. The van der Waals surface area contributed by atoms with Gasteiger partial charge in [-0.2, -0.15) is 0 Å². The summed E-state index contributed by atoms with van der Waals surface area (Å²) in [5.74, 6) is 1.95. The van der Waals surface area contributed by atoms with Gasteiger partial charge in [-0.05, 0) is 61.9 Å². The van der Waals surface area contributed by atoms with Crippen molar-refractivity contribution in [1.82, 2.24) is 20.2 Å². The summed E-state index contributed by atoms with van der Waals surface area (Å²) in [7, 11) is 0. The number of hydrogen-bond donors (Lipinski definition) is 0. The predicted molar refractivity (Wildman–Crippen MR) is 115 cm³/mol. The molecule has 6 heteroatoms. The van der Waals surface area contributed by atoms with Crippen LogP contribution in [-0.2, 0) is 12.8 Å². The van der Waals surface area contributed by atoms with E-state index in [9.17, 15) is 0 Å². The topological polar surface area (TPSA) is 58.0 Å². The molecule has 3 aromatic rings. The Labute approximate surface area is 171 Å². The molecule has 3 heterocycles. The van der Waals surface area contributed by atoms with E-state index in [1.165, 1.54) is 42.4 Å². The van der Waals surface area contributed by atoms with Crippen LogP contribution in [0.15, 0.2) is 42.7 Å². The maximum Gasteiger partial charge on any atom is 0.151 e. The highest BCUT2D eigenvalue weighted by Gasteiger charge is 2.20. The Hall–Kier alpha value is -3.02. The largest absolute Gasteiger partial charge is 0.353 e. The number of hydrogen-bond acceptors (Lipinski definition) is 6. The molecule has 2 aromatic heterocycles. The molecular formula is C23H26N6. The minimum absolute atomic E-state index is 0.913. The van der Waals surface area contributed by atoms with E-state index in [1.54, 1.807) is 6.33 Å². The molecule has 0 atom stereocenters. The fourth-order valence-corrected chi connectivity index (χ4v) is 4.32. The first-order valence-electron chi connectivity index (χ1n) is 10.5. The van der Waals surface area contributed by atoms with Crippen molar-refractivity contribution >= 4 is 11.6 Å². The van der Waals surface area contributed by atoms with Crippen molar-refractivity contribution in [1.29, 1.82) is 0 Å². The Morgan fingerprint density at radius 1 is 0.724 bits per heavy atom. The molecule has 1 aliphatic heterocycles. The summed E-state index contributed by atoms with van der Waals surface area (Å²) in [5.41, 5.74) is 6.11. The second-order valence-electron chi connectivity index (χ2n) is 7.96. The second-order valence-corrected chi connectivity index (χ2v) is 7.96. The van der Waals surface area contributed by atoms with Gasteiger partial charge in [0, 0.05) is 43.5 Å². The molecule has 0 saturated carbocycles. The zero-order valence-electron chi connectivity index (χ0n) is 16.9. The summed E-state index contributed by atoms with van der Waals surface area (Å²) < 4.78 is 0. The monoisotopic (exact) mass is 386 g/mol. The zero-order chi connectivity index (χ0) is 19.6. The van der Waals surface area contributed by atoms with Crippen LogP contribution in [0.5, 0.6) is 0 Å². The quantitative estimate of drug-likeness (QED) is 0.687. The van der Waals surface area contributed by atoms with E-state index in [4.69, 9.17) is 0 Å². The Morgan fingerprint density at radius 3 is 2.21 bits per heavy atom. The van der Waals surface area contributed by atoms with E-state index in [0.29, 0.717) is 0 Å². The molecule has 0 unspecified atom stereocenters. The molecule has 29 heavy (non-hydrogen) atoms. The van der Waals surface area contributed by atoms with Crippen LogP contribution in [0.2, 0.25) is 0 Å². The molecule has 1 aliphatic carbocycles. The predicted octanol–water partition coefficient (Wildman–Crippen LogP) is 3.45. The van der Waals surface area contributed by atoms with Crippen molar-refractivity contribution in [3.05, 3.63) is 59.5 Å². The molecule has 1 saturated heterocycles. The van der Waals surface area contributed by atoms with Crippen LogP contribution in [0.25, 0.3) is 11.3 Å². The summed E-state index contributed by atoms with van der Waals surface area (Å²) in [6, 6.07) is 13.0. The molecular weight excluding hydrogens is 360 g/mol. The average Bonchev–Trinajstić information content (AvgIpc) is 2.79. The number of benzene rings is 1. The lowest BCUT2D eigenvalue weighted by atomic mass is 9.90. The van der Waals surface area contributed by atoms with Gasteiger partial charge in [0.05, 0.1) is 5.69 Å². The maximum absolute atomic E-state index is 4.54. The Kier molecular flexibility index (Phi) is 4.84. The molecule has 0 amide bonds. The zero-order valence-corrected chi connectivity index (χ0v) is 16.9. The first-order valence-corrected chi connectivity index (χ1v) is 10.5. The van der Waals surface area contributed by atoms with Gasteiger partial charge in [-0.3, -0.25) is 0 Å². The third kappa shape index (κ3) is 3.79. The molecule has 0 radical (unpaired) electrons. The molecule has 148 valence electrons. The Morgan fingerprint density at radius 2 is 1.48 bits per heavy atom. The third-order valence-corrected chi connectivity index (χ3v) is 6.01. The first-order chi connectivity index (χ1) is 14.3. The average molecular weight is 387 g/mol. The smallest absolute Gasteiger partial charge is 0.151 e. The van der Waals surface area contributed by atoms with Gasteiger partial charge in [0.2, 0.25) is 0 Å². The number of piperazine rings is 1. The van der Waals surface area contributed by atoms with Crippen molar-refractivity contribution in [2.75, 3.05) is 36.0 Å². The van der Waals surface area contributed by atoms with Gasteiger partial charge in [-0.15, -0.1) is 10.2 Å².